The van der Waals surface area contributed by atoms with Crippen molar-refractivity contribution in [2.75, 3.05) is 13.2 Å². The summed E-state index contributed by atoms with van der Waals surface area (Å²) < 4.78 is 8.11. The van der Waals surface area contributed by atoms with Crippen LogP contribution in [0.25, 0.3) is 0 Å². The third-order valence-corrected chi connectivity index (χ3v) is 7.42. The number of nitrogens with zero attached hydrogens (tertiary/aromatic N) is 4. The molecular weight excluding hydrogens is 380 g/mol. The van der Waals surface area contributed by atoms with Crippen LogP contribution in [-0.4, -0.2) is 56.3 Å². The predicted octanol–water partition coefficient (Wildman–Crippen LogP) is 2.21. The molecular formula is C23H26N4O3. The van der Waals surface area contributed by atoms with Gasteiger partial charge in [0, 0.05) is 25.6 Å². The summed E-state index contributed by atoms with van der Waals surface area (Å²) in [5.41, 5.74) is 3.27. The fourth-order valence-corrected chi connectivity index (χ4v) is 6.09. The Kier molecular flexibility index (Phi) is 3.87. The maximum Gasteiger partial charge on any atom is 0.272 e. The van der Waals surface area contributed by atoms with Gasteiger partial charge in [0.25, 0.3) is 5.91 Å². The lowest BCUT2D eigenvalue weighted by molar-refractivity contribution is -0.138. The Morgan fingerprint density at radius 3 is 2.83 bits per heavy atom. The topological polar surface area (TPSA) is 67.7 Å². The largest absolute Gasteiger partial charge is 0.351 e. The molecule has 1 aromatic carbocycles. The van der Waals surface area contributed by atoms with Crippen molar-refractivity contribution in [3.63, 3.8) is 0 Å². The monoisotopic (exact) mass is 406 g/mol. The van der Waals surface area contributed by atoms with Crippen molar-refractivity contribution in [3.8, 4) is 0 Å². The van der Waals surface area contributed by atoms with Crippen LogP contribution in [0.4, 0.5) is 0 Å². The van der Waals surface area contributed by atoms with E-state index in [2.05, 4.69) is 5.10 Å². The minimum absolute atomic E-state index is 0.00330. The minimum Gasteiger partial charge on any atom is -0.351 e. The SMILES string of the molecule is Cn1nc2c(c1C(=O)N1CC[C@@]34OC[C@@H](c5ccccc5)N3C(=O)C[C@@H]14)CCCC2. The van der Waals surface area contributed by atoms with Gasteiger partial charge in [0.1, 0.15) is 5.69 Å². The van der Waals surface area contributed by atoms with Crippen LogP contribution in [0.5, 0.6) is 0 Å². The van der Waals surface area contributed by atoms with E-state index in [0.29, 0.717) is 31.7 Å². The number of benzene rings is 1. The standard InChI is InChI=1S/C23H26N4O3/c1-25-21(16-9-5-6-10-17(16)24-25)22(29)26-12-11-23-19(26)13-20(28)27(23)18(14-30-23)15-7-3-2-4-8-15/h2-4,7-8,18-19H,5-6,9-14H2,1H3/t18-,19+,23-/m0/s1. The van der Waals surface area contributed by atoms with Crippen molar-refractivity contribution >= 4 is 11.8 Å². The van der Waals surface area contributed by atoms with Crippen LogP contribution in [0, 0.1) is 0 Å². The molecule has 4 heterocycles. The second-order valence-electron chi connectivity index (χ2n) is 8.92. The van der Waals surface area contributed by atoms with E-state index >= 15 is 0 Å². The first-order valence-corrected chi connectivity index (χ1v) is 11.0. The number of ether oxygens (including phenoxy) is 1. The molecule has 7 nitrogen and oxygen atoms in total. The Balaban J connectivity index is 1.33. The second kappa shape index (κ2) is 6.41. The van der Waals surface area contributed by atoms with Gasteiger partial charge in [-0.2, -0.15) is 5.10 Å². The molecule has 2 aromatic rings. The van der Waals surface area contributed by atoms with Crippen molar-refractivity contribution in [1.29, 1.82) is 0 Å². The Bertz CT molecular complexity index is 1030. The molecule has 3 atom stereocenters. The lowest BCUT2D eigenvalue weighted by Gasteiger charge is -2.33. The molecule has 0 saturated carbocycles. The normalized spacial score (nSPS) is 29.8. The maximum atomic E-state index is 13.7. The molecule has 0 unspecified atom stereocenters. The summed E-state index contributed by atoms with van der Waals surface area (Å²) in [6.45, 7) is 1.09. The highest BCUT2D eigenvalue weighted by atomic mass is 16.5. The second-order valence-corrected chi connectivity index (χ2v) is 8.92. The van der Waals surface area contributed by atoms with Gasteiger partial charge >= 0.3 is 0 Å². The van der Waals surface area contributed by atoms with Gasteiger partial charge in [-0.05, 0) is 31.2 Å². The molecule has 156 valence electrons. The maximum absolute atomic E-state index is 13.7. The number of fused-ring (bicyclic) bond motifs is 1. The number of hydrogen-bond donors (Lipinski definition) is 0. The van der Waals surface area contributed by atoms with Gasteiger partial charge < -0.3 is 14.5 Å². The molecule has 3 aliphatic heterocycles. The fourth-order valence-electron chi connectivity index (χ4n) is 6.09. The summed E-state index contributed by atoms with van der Waals surface area (Å²) >= 11 is 0. The Morgan fingerprint density at radius 1 is 1.20 bits per heavy atom. The molecule has 1 spiro atoms. The smallest absolute Gasteiger partial charge is 0.272 e. The van der Waals surface area contributed by atoms with E-state index in [0.717, 1.165) is 42.5 Å². The molecule has 0 bridgehead atoms. The number of amides is 2. The number of carbonyl (C=O) groups is 2. The van der Waals surface area contributed by atoms with Crippen LogP contribution in [0.15, 0.2) is 30.3 Å². The molecule has 0 N–H and O–H groups in total. The summed E-state index contributed by atoms with van der Waals surface area (Å²) in [6.07, 6.45) is 5.07. The van der Waals surface area contributed by atoms with E-state index in [9.17, 15) is 9.59 Å². The lowest BCUT2D eigenvalue weighted by atomic mass is 9.95. The highest BCUT2D eigenvalue weighted by Gasteiger charge is 2.65. The van der Waals surface area contributed by atoms with E-state index in [1.54, 1.807) is 4.68 Å². The minimum atomic E-state index is -0.689. The molecule has 30 heavy (non-hydrogen) atoms. The first-order valence-electron chi connectivity index (χ1n) is 11.0. The van der Waals surface area contributed by atoms with E-state index in [4.69, 9.17) is 4.74 Å². The van der Waals surface area contributed by atoms with E-state index < -0.39 is 5.72 Å². The molecule has 6 rings (SSSR count). The van der Waals surface area contributed by atoms with Crippen LogP contribution in [0.2, 0.25) is 0 Å². The predicted molar refractivity (Wildman–Crippen MR) is 109 cm³/mol. The molecule has 2 amide bonds. The first kappa shape index (κ1) is 18.1. The van der Waals surface area contributed by atoms with E-state index in [1.807, 2.05) is 47.2 Å². The number of carbonyl (C=O) groups excluding carboxylic acids is 2. The molecule has 4 aliphatic rings. The average Bonchev–Trinajstić information content (AvgIpc) is 3.46. The van der Waals surface area contributed by atoms with Gasteiger partial charge in [0.15, 0.2) is 5.72 Å². The summed E-state index contributed by atoms with van der Waals surface area (Å²) in [4.78, 5) is 30.6. The molecule has 1 aromatic heterocycles. The number of aromatic nitrogens is 2. The zero-order chi connectivity index (χ0) is 20.5. The number of aryl methyl sites for hydroxylation is 2. The highest BCUT2D eigenvalue weighted by Crippen LogP contribution is 2.51. The Hall–Kier alpha value is -2.67. The molecule has 0 radical (unpaired) electrons. The first-order chi connectivity index (χ1) is 14.6. The van der Waals surface area contributed by atoms with E-state index in [-0.39, 0.29) is 23.9 Å². The van der Waals surface area contributed by atoms with Gasteiger partial charge in [0.05, 0.1) is 30.8 Å². The number of likely N-dealkylation sites (tertiary alicyclic amines) is 1. The van der Waals surface area contributed by atoms with Crippen LogP contribution >= 0.6 is 0 Å². The van der Waals surface area contributed by atoms with Gasteiger partial charge in [-0.1, -0.05) is 30.3 Å². The summed E-state index contributed by atoms with van der Waals surface area (Å²) in [5, 5.41) is 4.62. The fraction of sp³-hybridized carbons (Fsp3) is 0.522. The lowest BCUT2D eigenvalue weighted by Crippen LogP contribution is -2.49. The number of rotatable bonds is 2. The van der Waals surface area contributed by atoms with Crippen molar-refractivity contribution in [2.45, 2.75) is 56.3 Å². The summed E-state index contributed by atoms with van der Waals surface area (Å²) in [7, 11) is 1.86. The van der Waals surface area contributed by atoms with Gasteiger partial charge in [-0.3, -0.25) is 14.3 Å². The summed E-state index contributed by atoms with van der Waals surface area (Å²) in [5.74, 6) is 0.0762. The third-order valence-electron chi connectivity index (χ3n) is 7.42. The van der Waals surface area contributed by atoms with Crippen LogP contribution in [0.1, 0.15) is 59.0 Å². The molecule has 7 heteroatoms. The van der Waals surface area contributed by atoms with Crippen LogP contribution in [-0.2, 0) is 29.4 Å². The van der Waals surface area contributed by atoms with Crippen LogP contribution in [0.3, 0.4) is 0 Å². The zero-order valence-corrected chi connectivity index (χ0v) is 17.2. The quantitative estimate of drug-likeness (QED) is 0.767. The van der Waals surface area contributed by atoms with Gasteiger partial charge in [-0.15, -0.1) is 0 Å². The Labute approximate surface area is 175 Å². The van der Waals surface area contributed by atoms with E-state index in [1.165, 1.54) is 0 Å². The van der Waals surface area contributed by atoms with Gasteiger partial charge in [-0.25, -0.2) is 0 Å². The molecule has 1 aliphatic carbocycles. The highest BCUT2D eigenvalue weighted by molar-refractivity contribution is 5.96. The van der Waals surface area contributed by atoms with Crippen molar-refractivity contribution in [3.05, 3.63) is 52.8 Å². The Morgan fingerprint density at radius 2 is 2.00 bits per heavy atom. The molecule has 3 fully saturated rings. The average molecular weight is 406 g/mol. The van der Waals surface area contributed by atoms with Gasteiger partial charge in [0.2, 0.25) is 5.91 Å². The molecule has 3 saturated heterocycles. The van der Waals surface area contributed by atoms with Crippen molar-refractivity contribution in [2.24, 2.45) is 7.05 Å². The number of hydrogen-bond acceptors (Lipinski definition) is 4. The zero-order valence-electron chi connectivity index (χ0n) is 17.2. The third kappa shape index (κ3) is 2.32. The van der Waals surface area contributed by atoms with Crippen molar-refractivity contribution < 1.29 is 14.3 Å². The van der Waals surface area contributed by atoms with Crippen LogP contribution < -0.4 is 0 Å². The van der Waals surface area contributed by atoms with Crippen molar-refractivity contribution in [1.82, 2.24) is 19.6 Å². The summed E-state index contributed by atoms with van der Waals surface area (Å²) in [6, 6.07) is 9.75.